The summed E-state index contributed by atoms with van der Waals surface area (Å²) in [5, 5.41) is 12.9. The van der Waals surface area contributed by atoms with Gasteiger partial charge in [-0.15, -0.1) is 10.2 Å². The molecular weight excluding hydrogens is 310 g/mol. The first-order valence-electron chi connectivity index (χ1n) is 8.05. The lowest BCUT2D eigenvalue weighted by Crippen LogP contribution is -2.37. The zero-order valence-corrected chi connectivity index (χ0v) is 13.6. The Kier molecular flexibility index (Phi) is 3.95. The van der Waals surface area contributed by atoms with Crippen LogP contribution in [0, 0.1) is 0 Å². The van der Waals surface area contributed by atoms with Gasteiger partial charge in [0.05, 0.1) is 16.8 Å². The number of aromatic nitrogens is 2. The normalized spacial score (nSPS) is 19.5. The van der Waals surface area contributed by atoms with Gasteiger partial charge in [0.1, 0.15) is 0 Å². The first-order chi connectivity index (χ1) is 11.3. The summed E-state index contributed by atoms with van der Waals surface area (Å²) < 4.78 is 1.61. The summed E-state index contributed by atoms with van der Waals surface area (Å²) in [6, 6.07) is 8.15. The van der Waals surface area contributed by atoms with E-state index in [2.05, 4.69) is 20.5 Å². The van der Waals surface area contributed by atoms with Gasteiger partial charge in [-0.25, -0.2) is 9.36 Å². The molecule has 2 N–H and O–H groups in total. The summed E-state index contributed by atoms with van der Waals surface area (Å²) in [5.74, 6) is 1.31. The van der Waals surface area contributed by atoms with Crippen LogP contribution in [0.2, 0.25) is 0 Å². The maximum absolute atomic E-state index is 12.2. The van der Waals surface area contributed by atoms with Gasteiger partial charge in [-0.2, -0.15) is 0 Å². The summed E-state index contributed by atoms with van der Waals surface area (Å²) >= 11 is 1.61. The van der Waals surface area contributed by atoms with E-state index in [1.165, 1.54) is 32.1 Å². The number of amidine groups is 1. The number of para-hydroxylation sites is 2. The molecule has 1 saturated carbocycles. The first-order valence-corrected chi connectivity index (χ1v) is 9.04. The highest BCUT2D eigenvalue weighted by molar-refractivity contribution is 8.14. The van der Waals surface area contributed by atoms with Crippen molar-refractivity contribution in [3.05, 3.63) is 34.7 Å². The van der Waals surface area contributed by atoms with Crippen molar-refractivity contribution < 1.29 is 0 Å². The second-order valence-corrected chi connectivity index (χ2v) is 6.94. The molecule has 0 amide bonds. The van der Waals surface area contributed by atoms with Crippen molar-refractivity contribution in [2.75, 3.05) is 5.75 Å². The fraction of sp³-hybridized carbons (Fsp3) is 0.438. The number of benzene rings is 1. The lowest BCUT2D eigenvalue weighted by atomic mass is 9.96. The Morgan fingerprint density at radius 2 is 2.00 bits per heavy atom. The van der Waals surface area contributed by atoms with Gasteiger partial charge in [0, 0.05) is 6.04 Å². The number of imidazole rings is 1. The zero-order chi connectivity index (χ0) is 15.6. The highest BCUT2D eigenvalue weighted by Crippen LogP contribution is 2.20. The fourth-order valence-electron chi connectivity index (χ4n) is 3.21. The molecule has 7 heteroatoms. The average Bonchev–Trinajstić information content (AvgIpc) is 2.92. The maximum Gasteiger partial charge on any atom is 0.332 e. The number of nitrogens with zero attached hydrogens (tertiary/aromatic N) is 3. The van der Waals surface area contributed by atoms with Crippen LogP contribution in [0.1, 0.15) is 32.1 Å². The molecule has 1 aliphatic heterocycles. The number of H-pyrrole nitrogens is 1. The molecule has 4 rings (SSSR count). The number of aromatic amines is 1. The Bertz CT molecular complexity index is 828. The van der Waals surface area contributed by atoms with Crippen LogP contribution in [0.5, 0.6) is 0 Å². The van der Waals surface area contributed by atoms with Crippen molar-refractivity contribution in [3.8, 4) is 0 Å². The monoisotopic (exact) mass is 329 g/mol. The van der Waals surface area contributed by atoms with Crippen molar-refractivity contribution in [3.63, 3.8) is 0 Å². The van der Waals surface area contributed by atoms with Gasteiger partial charge in [-0.05, 0) is 25.0 Å². The Balaban J connectivity index is 1.58. The van der Waals surface area contributed by atoms with Crippen molar-refractivity contribution >= 4 is 33.8 Å². The molecule has 1 aromatic carbocycles. The lowest BCUT2D eigenvalue weighted by Gasteiger charge is -2.24. The summed E-state index contributed by atoms with van der Waals surface area (Å²) in [6.45, 7) is 0. The molecule has 2 heterocycles. The molecular formula is C16H19N5OS. The van der Waals surface area contributed by atoms with Gasteiger partial charge in [-0.1, -0.05) is 43.2 Å². The molecule has 2 aliphatic rings. The van der Waals surface area contributed by atoms with Crippen LogP contribution in [0.4, 0.5) is 0 Å². The zero-order valence-electron chi connectivity index (χ0n) is 12.8. The number of thioether (sulfide) groups is 1. The van der Waals surface area contributed by atoms with E-state index in [0.29, 0.717) is 17.6 Å². The molecule has 0 bridgehead atoms. The Labute approximate surface area is 138 Å². The standard InChI is InChI=1S/C16H19N5OS/c22-16-18-12-8-4-5-9-13(12)21(16)14-10-23-15(20-19-14)17-11-6-2-1-3-7-11/h4-5,8-9,11H,1-3,6-7,10H2,(H,17,20)(H,18,22). The molecule has 0 saturated heterocycles. The van der Waals surface area contributed by atoms with E-state index in [9.17, 15) is 4.79 Å². The molecule has 2 aromatic rings. The van der Waals surface area contributed by atoms with Crippen molar-refractivity contribution in [1.29, 1.82) is 0 Å². The second-order valence-electron chi connectivity index (χ2n) is 5.97. The summed E-state index contributed by atoms with van der Waals surface area (Å²) in [4.78, 5) is 15.0. The Morgan fingerprint density at radius 3 is 2.78 bits per heavy atom. The Morgan fingerprint density at radius 1 is 1.17 bits per heavy atom. The highest BCUT2D eigenvalue weighted by Gasteiger charge is 2.20. The maximum atomic E-state index is 12.2. The van der Waals surface area contributed by atoms with E-state index in [1.54, 1.807) is 16.3 Å². The van der Waals surface area contributed by atoms with Crippen LogP contribution >= 0.6 is 11.8 Å². The molecule has 0 spiro atoms. The molecule has 6 nitrogen and oxygen atoms in total. The minimum atomic E-state index is -0.163. The third-order valence-corrected chi connectivity index (χ3v) is 5.25. The van der Waals surface area contributed by atoms with Crippen LogP contribution in [0.15, 0.2) is 39.3 Å². The van der Waals surface area contributed by atoms with Gasteiger partial charge in [0.2, 0.25) is 0 Å². The fourth-order valence-corrected chi connectivity index (χ4v) is 4.01. The Hall–Kier alpha value is -2.02. The predicted octanol–water partition coefficient (Wildman–Crippen LogP) is 2.52. The minimum absolute atomic E-state index is 0.163. The molecule has 1 aliphatic carbocycles. The van der Waals surface area contributed by atoms with E-state index in [1.807, 2.05) is 24.3 Å². The van der Waals surface area contributed by atoms with E-state index in [-0.39, 0.29) is 5.69 Å². The summed E-state index contributed by atoms with van der Waals surface area (Å²) in [7, 11) is 0. The smallest absolute Gasteiger partial charge is 0.332 e. The lowest BCUT2D eigenvalue weighted by molar-refractivity contribution is 0.415. The molecule has 120 valence electrons. The van der Waals surface area contributed by atoms with Gasteiger partial charge in [0.15, 0.2) is 11.0 Å². The number of hydrogen-bond acceptors (Lipinski definition) is 5. The molecule has 23 heavy (non-hydrogen) atoms. The number of rotatable bonds is 1. The largest absolute Gasteiger partial charge is 0.360 e. The van der Waals surface area contributed by atoms with Crippen LogP contribution in [-0.2, 0) is 0 Å². The van der Waals surface area contributed by atoms with Gasteiger partial charge >= 0.3 is 5.69 Å². The topological polar surface area (TPSA) is 74.5 Å². The molecule has 0 radical (unpaired) electrons. The molecule has 1 fully saturated rings. The van der Waals surface area contributed by atoms with Crippen LogP contribution in [0.3, 0.4) is 0 Å². The van der Waals surface area contributed by atoms with E-state index < -0.39 is 0 Å². The van der Waals surface area contributed by atoms with E-state index in [0.717, 1.165) is 16.2 Å². The van der Waals surface area contributed by atoms with Gasteiger partial charge in [0.25, 0.3) is 0 Å². The number of fused-ring (bicyclic) bond motifs is 1. The van der Waals surface area contributed by atoms with E-state index in [4.69, 9.17) is 0 Å². The predicted molar refractivity (Wildman–Crippen MR) is 95.3 cm³/mol. The summed E-state index contributed by atoms with van der Waals surface area (Å²) in [5.41, 5.74) is 1.50. The number of hydrogen-bond donors (Lipinski definition) is 2. The quantitative estimate of drug-likeness (QED) is 0.844. The average molecular weight is 329 g/mol. The van der Waals surface area contributed by atoms with Crippen molar-refractivity contribution in [1.82, 2.24) is 14.9 Å². The van der Waals surface area contributed by atoms with Crippen LogP contribution in [0.25, 0.3) is 11.0 Å². The minimum Gasteiger partial charge on any atom is -0.360 e. The first kappa shape index (κ1) is 14.6. The van der Waals surface area contributed by atoms with Crippen molar-refractivity contribution in [2.45, 2.75) is 38.1 Å². The number of nitrogens with one attached hydrogen (secondary N) is 2. The second kappa shape index (κ2) is 6.23. The molecule has 0 atom stereocenters. The van der Waals surface area contributed by atoms with Gasteiger partial charge < -0.3 is 10.3 Å². The molecule has 1 aromatic heterocycles. The third kappa shape index (κ3) is 2.93. The van der Waals surface area contributed by atoms with Crippen LogP contribution in [-0.4, -0.2) is 32.3 Å². The third-order valence-electron chi connectivity index (χ3n) is 4.37. The van der Waals surface area contributed by atoms with Gasteiger partial charge in [-0.3, -0.25) is 0 Å². The van der Waals surface area contributed by atoms with Crippen molar-refractivity contribution in [2.24, 2.45) is 10.2 Å². The molecule has 0 unspecified atom stereocenters. The van der Waals surface area contributed by atoms with E-state index >= 15 is 0 Å². The SMILES string of the molecule is O=c1[nH]c2ccccc2n1C1=NN=C(NC2CCCCC2)SC1. The summed E-state index contributed by atoms with van der Waals surface area (Å²) in [6.07, 6.45) is 6.32. The van der Waals surface area contributed by atoms with Crippen LogP contribution < -0.4 is 11.0 Å². The highest BCUT2D eigenvalue weighted by atomic mass is 32.2.